The third-order valence-corrected chi connectivity index (χ3v) is 6.17. The van der Waals surface area contributed by atoms with E-state index in [1.54, 1.807) is 24.2 Å². The number of pyridine rings is 1. The molecular formula is C15H12BrFIN3O. The lowest BCUT2D eigenvalue weighted by Gasteiger charge is -2.46. The highest BCUT2D eigenvalue weighted by Crippen LogP contribution is 2.49. The molecule has 1 spiro atoms. The van der Waals surface area contributed by atoms with Gasteiger partial charge in [-0.2, -0.15) is 0 Å². The van der Waals surface area contributed by atoms with E-state index in [0.717, 1.165) is 21.2 Å². The number of hydrogen-bond donors (Lipinski definition) is 0. The lowest BCUT2D eigenvalue weighted by Crippen LogP contribution is -2.63. The van der Waals surface area contributed by atoms with Gasteiger partial charge in [0.15, 0.2) is 0 Å². The zero-order valence-electron chi connectivity index (χ0n) is 11.7. The maximum Gasteiger partial charge on any atom is 0.240 e. The molecule has 22 heavy (non-hydrogen) atoms. The number of hydrogen-bond acceptors (Lipinski definition) is 3. The van der Waals surface area contributed by atoms with Gasteiger partial charge in [-0.05, 0) is 22.0 Å². The van der Waals surface area contributed by atoms with E-state index in [2.05, 4.69) is 48.4 Å². The number of likely N-dealkylation sites (tertiary alicyclic amines) is 1. The second-order valence-corrected chi connectivity index (χ2v) is 7.39. The molecule has 1 fully saturated rings. The summed E-state index contributed by atoms with van der Waals surface area (Å²) in [5.41, 5.74) is 1.92. The predicted octanol–water partition coefficient (Wildman–Crippen LogP) is 3.06. The van der Waals surface area contributed by atoms with Crippen molar-refractivity contribution in [3.63, 3.8) is 0 Å². The molecule has 0 atom stereocenters. The second kappa shape index (κ2) is 4.85. The fourth-order valence-corrected chi connectivity index (χ4v) is 4.39. The summed E-state index contributed by atoms with van der Waals surface area (Å²) in [6.45, 7) is 1.42. The van der Waals surface area contributed by atoms with E-state index in [4.69, 9.17) is 0 Å². The standard InChI is InChI=1S/C15H12BrFIN3O/c1-20-12-4-19-11-3-10(17)9(16)2-8(11)13(12)15(14(20)22)5-21(6-15)7-18/h2-4H,5-7H2,1H3. The molecule has 2 aromatic rings. The minimum Gasteiger partial charge on any atom is -0.313 e. The van der Waals surface area contributed by atoms with Crippen LogP contribution >= 0.6 is 38.5 Å². The number of halogens is 3. The average Bonchev–Trinajstić information content (AvgIpc) is 2.68. The number of alkyl halides is 1. The Bertz CT molecular complexity index is 822. The van der Waals surface area contributed by atoms with Gasteiger partial charge in [0.2, 0.25) is 5.91 Å². The molecule has 4 nitrogen and oxygen atoms in total. The first kappa shape index (κ1) is 14.8. The molecule has 2 aliphatic rings. The van der Waals surface area contributed by atoms with Crippen molar-refractivity contribution < 1.29 is 9.18 Å². The van der Waals surface area contributed by atoms with Crippen LogP contribution in [-0.4, -0.2) is 40.5 Å². The van der Waals surface area contributed by atoms with Crippen molar-refractivity contribution >= 4 is 61.0 Å². The van der Waals surface area contributed by atoms with Crippen LogP contribution in [0.3, 0.4) is 0 Å². The summed E-state index contributed by atoms with van der Waals surface area (Å²) in [6, 6.07) is 3.17. The van der Waals surface area contributed by atoms with Gasteiger partial charge < -0.3 is 4.90 Å². The third kappa shape index (κ3) is 1.75. The first-order valence-corrected chi connectivity index (χ1v) is 9.14. The quantitative estimate of drug-likeness (QED) is 0.361. The summed E-state index contributed by atoms with van der Waals surface area (Å²) < 4.78 is 15.1. The number of carbonyl (C=O) groups excluding carboxylic acids is 1. The van der Waals surface area contributed by atoms with Crippen LogP contribution in [0.25, 0.3) is 10.9 Å². The van der Waals surface area contributed by atoms with Crippen molar-refractivity contribution in [1.82, 2.24) is 9.88 Å². The van der Waals surface area contributed by atoms with E-state index in [9.17, 15) is 9.18 Å². The Morgan fingerprint density at radius 3 is 2.86 bits per heavy atom. The SMILES string of the molecule is CN1C(=O)C2(CN(CI)C2)c2c1cnc1cc(F)c(Br)cc21. The van der Waals surface area contributed by atoms with Gasteiger partial charge in [-0.3, -0.25) is 14.7 Å². The Morgan fingerprint density at radius 1 is 1.45 bits per heavy atom. The van der Waals surface area contributed by atoms with Gasteiger partial charge in [-0.15, -0.1) is 0 Å². The largest absolute Gasteiger partial charge is 0.313 e. The number of amides is 1. The van der Waals surface area contributed by atoms with Crippen molar-refractivity contribution in [2.45, 2.75) is 5.41 Å². The zero-order valence-corrected chi connectivity index (χ0v) is 15.5. The highest BCUT2D eigenvalue weighted by molar-refractivity contribution is 14.1. The molecule has 0 radical (unpaired) electrons. The number of rotatable bonds is 1. The van der Waals surface area contributed by atoms with Crippen molar-refractivity contribution in [2.24, 2.45) is 0 Å². The molecule has 7 heteroatoms. The monoisotopic (exact) mass is 475 g/mol. The lowest BCUT2D eigenvalue weighted by atomic mass is 9.74. The summed E-state index contributed by atoms with van der Waals surface area (Å²) in [6.07, 6.45) is 1.68. The van der Waals surface area contributed by atoms with Crippen LogP contribution in [0.2, 0.25) is 0 Å². The van der Waals surface area contributed by atoms with E-state index in [1.807, 2.05) is 0 Å². The van der Waals surface area contributed by atoms with Gasteiger partial charge in [-0.1, -0.05) is 22.6 Å². The van der Waals surface area contributed by atoms with Crippen molar-refractivity contribution in [3.05, 3.63) is 34.2 Å². The van der Waals surface area contributed by atoms with Crippen molar-refractivity contribution in [1.29, 1.82) is 0 Å². The molecule has 0 bridgehead atoms. The van der Waals surface area contributed by atoms with E-state index in [1.165, 1.54) is 6.07 Å². The number of carbonyl (C=O) groups is 1. The fourth-order valence-electron chi connectivity index (χ4n) is 3.57. The Morgan fingerprint density at radius 2 is 2.18 bits per heavy atom. The number of anilines is 1. The third-order valence-electron chi connectivity index (χ3n) is 4.60. The van der Waals surface area contributed by atoms with Crippen LogP contribution in [0.15, 0.2) is 22.8 Å². The van der Waals surface area contributed by atoms with Crippen molar-refractivity contribution in [2.75, 3.05) is 29.6 Å². The molecule has 1 aromatic heterocycles. The Balaban J connectivity index is 2.01. The summed E-state index contributed by atoms with van der Waals surface area (Å²) in [5.74, 6) is -0.229. The van der Waals surface area contributed by atoms with Crippen LogP contribution < -0.4 is 4.90 Å². The molecule has 3 heterocycles. The summed E-state index contributed by atoms with van der Waals surface area (Å²) in [7, 11) is 1.79. The average molecular weight is 476 g/mol. The maximum atomic E-state index is 13.8. The molecule has 1 aromatic carbocycles. The molecule has 1 amide bonds. The summed E-state index contributed by atoms with van der Waals surface area (Å²) in [5, 5.41) is 0.858. The molecule has 0 unspecified atom stereocenters. The maximum absolute atomic E-state index is 13.8. The van der Waals surface area contributed by atoms with Gasteiger partial charge in [0.25, 0.3) is 0 Å². The number of likely N-dealkylation sites (N-methyl/N-ethyl adjacent to an activating group) is 1. The highest BCUT2D eigenvalue weighted by atomic mass is 127. The minimum absolute atomic E-state index is 0.110. The fraction of sp³-hybridized carbons (Fsp3) is 0.333. The van der Waals surface area contributed by atoms with Gasteiger partial charge in [-0.25, -0.2) is 4.39 Å². The van der Waals surface area contributed by atoms with Crippen LogP contribution in [0.5, 0.6) is 0 Å². The van der Waals surface area contributed by atoms with Crippen LogP contribution in [-0.2, 0) is 10.2 Å². The first-order chi connectivity index (χ1) is 10.5. The molecule has 4 rings (SSSR count). The first-order valence-electron chi connectivity index (χ1n) is 6.82. The molecule has 0 aliphatic carbocycles. The van der Waals surface area contributed by atoms with Gasteiger partial charge in [0.1, 0.15) is 11.2 Å². The van der Waals surface area contributed by atoms with Crippen LogP contribution in [0, 0.1) is 5.82 Å². The number of benzene rings is 1. The lowest BCUT2D eigenvalue weighted by molar-refractivity contribution is -0.128. The van der Waals surface area contributed by atoms with E-state index >= 15 is 0 Å². The molecule has 114 valence electrons. The number of nitrogens with zero attached hydrogens (tertiary/aromatic N) is 3. The minimum atomic E-state index is -0.506. The Kier molecular flexibility index (Phi) is 3.25. The normalized spacial score (nSPS) is 19.8. The predicted molar refractivity (Wildman–Crippen MR) is 94.9 cm³/mol. The van der Waals surface area contributed by atoms with E-state index < -0.39 is 5.41 Å². The summed E-state index contributed by atoms with van der Waals surface area (Å²) in [4.78, 5) is 21.1. The van der Waals surface area contributed by atoms with Gasteiger partial charge in [0, 0.05) is 37.2 Å². The molecule has 2 aliphatic heterocycles. The second-order valence-electron chi connectivity index (χ2n) is 5.85. The zero-order chi connectivity index (χ0) is 15.6. The number of aromatic nitrogens is 1. The molecule has 0 saturated carbocycles. The molecular weight excluding hydrogens is 464 g/mol. The van der Waals surface area contributed by atoms with Crippen LogP contribution in [0.4, 0.5) is 10.1 Å². The van der Waals surface area contributed by atoms with Crippen molar-refractivity contribution in [3.8, 4) is 0 Å². The smallest absolute Gasteiger partial charge is 0.240 e. The van der Waals surface area contributed by atoms with E-state index in [-0.39, 0.29) is 11.7 Å². The van der Waals surface area contributed by atoms with E-state index in [0.29, 0.717) is 23.1 Å². The molecule has 0 N–H and O–H groups in total. The topological polar surface area (TPSA) is 36.4 Å². The Labute approximate surface area is 148 Å². The highest BCUT2D eigenvalue weighted by Gasteiger charge is 2.57. The van der Waals surface area contributed by atoms with Gasteiger partial charge in [0.05, 0.1) is 26.4 Å². The summed E-state index contributed by atoms with van der Waals surface area (Å²) >= 11 is 5.55. The van der Waals surface area contributed by atoms with Gasteiger partial charge >= 0.3 is 0 Å². The molecule has 1 saturated heterocycles. The Hall–Kier alpha value is -0.800. The van der Waals surface area contributed by atoms with Crippen LogP contribution in [0.1, 0.15) is 5.56 Å². The number of fused-ring (bicyclic) bond motifs is 4.